The molecule has 0 atom stereocenters. The number of H-pyrrole nitrogens is 1. The second-order valence-electron chi connectivity index (χ2n) is 6.37. The number of pyridine rings is 1. The molecule has 0 aliphatic carbocycles. The molecule has 0 radical (unpaired) electrons. The van der Waals surface area contributed by atoms with E-state index in [9.17, 15) is 0 Å². The minimum absolute atomic E-state index is 0. The van der Waals surface area contributed by atoms with Gasteiger partial charge in [-0.3, -0.25) is 0 Å². The Kier molecular flexibility index (Phi) is 4.10. The smallest absolute Gasteiger partial charge is 0.240 e. The summed E-state index contributed by atoms with van der Waals surface area (Å²) in [6.45, 7) is 0. The van der Waals surface area contributed by atoms with Gasteiger partial charge in [-0.1, -0.05) is 60.1 Å². The van der Waals surface area contributed by atoms with Crippen LogP contribution >= 0.6 is 11.6 Å². The van der Waals surface area contributed by atoms with Gasteiger partial charge in [-0.2, -0.15) is 4.57 Å². The number of rotatable bonds is 1. The summed E-state index contributed by atoms with van der Waals surface area (Å²) < 4.78 is 2.23. The minimum atomic E-state index is 0. The number of halogens is 2. The van der Waals surface area contributed by atoms with Crippen LogP contribution in [0.15, 0.2) is 72.8 Å². The van der Waals surface area contributed by atoms with Gasteiger partial charge in [-0.15, -0.1) is 0 Å². The highest BCUT2D eigenvalue weighted by molar-refractivity contribution is 6.40. The van der Waals surface area contributed by atoms with Crippen LogP contribution < -0.4 is 17.0 Å². The predicted molar refractivity (Wildman–Crippen MR) is 105 cm³/mol. The van der Waals surface area contributed by atoms with E-state index in [-0.39, 0.29) is 12.4 Å². The number of fused-ring (bicyclic) bond motifs is 4. The number of aromatic amines is 1. The third-order valence-corrected chi connectivity index (χ3v) is 5.33. The van der Waals surface area contributed by atoms with E-state index in [1.165, 1.54) is 16.5 Å². The molecule has 1 N–H and O–H groups in total. The van der Waals surface area contributed by atoms with Crippen molar-refractivity contribution < 1.29 is 17.0 Å². The molecule has 0 fully saturated rings. The van der Waals surface area contributed by atoms with E-state index >= 15 is 0 Å². The second kappa shape index (κ2) is 6.31. The Morgan fingerprint density at radius 3 is 2.35 bits per heavy atom. The molecular formula is C22H16Cl2N2. The Morgan fingerprint density at radius 2 is 1.54 bits per heavy atom. The Bertz CT molecular complexity index is 1260. The maximum Gasteiger partial charge on any atom is 0.240 e. The van der Waals surface area contributed by atoms with E-state index < -0.39 is 0 Å². The fourth-order valence-corrected chi connectivity index (χ4v) is 4.00. The molecular weight excluding hydrogens is 363 g/mol. The van der Waals surface area contributed by atoms with Crippen molar-refractivity contribution in [3.8, 4) is 11.1 Å². The molecule has 5 aromatic rings. The Balaban J connectivity index is 0.00000168. The summed E-state index contributed by atoms with van der Waals surface area (Å²) in [5, 5.41) is 3.03. The molecule has 26 heavy (non-hydrogen) atoms. The average molecular weight is 379 g/mol. The number of para-hydroxylation sites is 1. The monoisotopic (exact) mass is 378 g/mol. The first-order valence-corrected chi connectivity index (χ1v) is 8.69. The summed E-state index contributed by atoms with van der Waals surface area (Å²) in [6, 6.07) is 25.2. The van der Waals surface area contributed by atoms with Gasteiger partial charge in [0.1, 0.15) is 12.6 Å². The molecule has 0 bridgehead atoms. The van der Waals surface area contributed by atoms with Crippen molar-refractivity contribution in [3.05, 3.63) is 77.8 Å². The summed E-state index contributed by atoms with van der Waals surface area (Å²) in [4.78, 5) is 3.51. The summed E-state index contributed by atoms with van der Waals surface area (Å²) >= 11 is 6.73. The van der Waals surface area contributed by atoms with Crippen molar-refractivity contribution in [2.75, 3.05) is 0 Å². The van der Waals surface area contributed by atoms with Gasteiger partial charge in [-0.25, -0.2) is 0 Å². The van der Waals surface area contributed by atoms with Crippen LogP contribution in [0.4, 0.5) is 0 Å². The predicted octanol–water partition coefficient (Wildman–Crippen LogP) is 2.62. The highest BCUT2D eigenvalue weighted by atomic mass is 35.5. The highest BCUT2D eigenvalue weighted by Gasteiger charge is 2.21. The molecule has 2 nitrogen and oxygen atoms in total. The first-order valence-electron chi connectivity index (χ1n) is 8.31. The lowest BCUT2D eigenvalue weighted by atomic mass is 10.0. The number of hydrogen-bond acceptors (Lipinski definition) is 0. The first kappa shape index (κ1) is 16.9. The number of aryl methyl sites for hydroxylation is 1. The molecule has 0 spiro atoms. The van der Waals surface area contributed by atoms with Gasteiger partial charge >= 0.3 is 0 Å². The second-order valence-corrected chi connectivity index (χ2v) is 6.74. The summed E-state index contributed by atoms with van der Waals surface area (Å²) in [6.07, 6.45) is 0. The molecule has 4 heteroatoms. The fraction of sp³-hybridized carbons (Fsp3) is 0.0455. The molecule has 3 aromatic carbocycles. The maximum atomic E-state index is 6.73. The van der Waals surface area contributed by atoms with Crippen LogP contribution in [0.1, 0.15) is 0 Å². The Hall–Kier alpha value is -2.55. The van der Waals surface area contributed by atoms with Crippen molar-refractivity contribution in [1.82, 2.24) is 4.98 Å². The number of nitrogens with one attached hydrogen (secondary N) is 1. The van der Waals surface area contributed by atoms with Crippen LogP contribution in [-0.4, -0.2) is 4.98 Å². The quantitative estimate of drug-likeness (QED) is 0.432. The molecule has 0 aliphatic rings. The largest absolute Gasteiger partial charge is 1.00 e. The summed E-state index contributed by atoms with van der Waals surface area (Å²) in [5.41, 5.74) is 6.78. The number of aromatic nitrogens is 2. The van der Waals surface area contributed by atoms with Crippen LogP contribution in [0, 0.1) is 0 Å². The SMILES string of the molecule is C[n+]1c2ccccc2c(Cl)c2[nH]c3ccc(-c4ccccc4)cc3c21.[Cl-]. The van der Waals surface area contributed by atoms with E-state index in [4.69, 9.17) is 11.6 Å². The highest BCUT2D eigenvalue weighted by Crippen LogP contribution is 2.34. The third kappa shape index (κ3) is 2.38. The molecule has 0 saturated carbocycles. The zero-order valence-electron chi connectivity index (χ0n) is 14.1. The standard InChI is InChI=1S/C22H15ClN2.ClH/c1-25-19-10-6-5-9-16(19)20(23)21-22(25)17-13-15(11-12-18(17)24-21)14-7-3-2-4-8-14;/h2-13H,1H3;1H. The fourth-order valence-electron chi connectivity index (χ4n) is 3.70. The zero-order valence-corrected chi connectivity index (χ0v) is 15.6. The maximum absolute atomic E-state index is 6.73. The van der Waals surface area contributed by atoms with Gasteiger partial charge < -0.3 is 17.4 Å². The van der Waals surface area contributed by atoms with Gasteiger partial charge in [-0.05, 0) is 29.3 Å². The molecule has 128 valence electrons. The average Bonchev–Trinajstić information content (AvgIpc) is 3.06. The van der Waals surface area contributed by atoms with Crippen molar-refractivity contribution in [2.45, 2.75) is 0 Å². The molecule has 2 aromatic heterocycles. The van der Waals surface area contributed by atoms with Crippen molar-refractivity contribution in [1.29, 1.82) is 0 Å². The van der Waals surface area contributed by atoms with Gasteiger partial charge in [0.2, 0.25) is 11.0 Å². The van der Waals surface area contributed by atoms with E-state index in [1.54, 1.807) is 0 Å². The third-order valence-electron chi connectivity index (χ3n) is 4.94. The van der Waals surface area contributed by atoms with Gasteiger partial charge in [0.15, 0.2) is 0 Å². The Morgan fingerprint density at radius 1 is 0.808 bits per heavy atom. The first-order chi connectivity index (χ1) is 12.2. The lowest BCUT2D eigenvalue weighted by Crippen LogP contribution is -3.00. The molecule has 2 heterocycles. The zero-order chi connectivity index (χ0) is 17.0. The van der Waals surface area contributed by atoms with Crippen molar-refractivity contribution in [3.63, 3.8) is 0 Å². The molecule has 0 amide bonds. The molecule has 0 saturated heterocycles. The number of hydrogen-bond donors (Lipinski definition) is 1. The minimum Gasteiger partial charge on any atom is -1.00 e. The molecule has 0 aliphatic heterocycles. The van der Waals surface area contributed by atoms with E-state index in [1.807, 2.05) is 12.1 Å². The normalized spacial score (nSPS) is 11.2. The summed E-state index contributed by atoms with van der Waals surface area (Å²) in [7, 11) is 2.10. The van der Waals surface area contributed by atoms with Crippen LogP contribution in [-0.2, 0) is 7.05 Å². The lowest BCUT2D eigenvalue weighted by molar-refractivity contribution is -0.616. The Labute approximate surface area is 162 Å². The van der Waals surface area contributed by atoms with Crippen LogP contribution in [0.5, 0.6) is 0 Å². The summed E-state index contributed by atoms with van der Waals surface area (Å²) in [5.74, 6) is 0. The van der Waals surface area contributed by atoms with Gasteiger partial charge in [0.05, 0.1) is 21.3 Å². The topological polar surface area (TPSA) is 19.7 Å². The van der Waals surface area contributed by atoms with E-state index in [0.29, 0.717) is 0 Å². The van der Waals surface area contributed by atoms with Gasteiger partial charge in [0, 0.05) is 6.07 Å². The van der Waals surface area contributed by atoms with Crippen molar-refractivity contribution in [2.24, 2.45) is 7.05 Å². The number of benzene rings is 3. The van der Waals surface area contributed by atoms with E-state index in [0.717, 1.165) is 32.5 Å². The van der Waals surface area contributed by atoms with Crippen LogP contribution in [0.3, 0.4) is 0 Å². The number of nitrogens with zero attached hydrogens (tertiary/aromatic N) is 1. The van der Waals surface area contributed by atoms with Crippen molar-refractivity contribution >= 4 is 44.4 Å². The van der Waals surface area contributed by atoms with Gasteiger partial charge in [0.25, 0.3) is 0 Å². The molecule has 0 unspecified atom stereocenters. The lowest BCUT2D eigenvalue weighted by Gasteiger charge is -2.03. The van der Waals surface area contributed by atoms with Crippen LogP contribution in [0.2, 0.25) is 5.02 Å². The van der Waals surface area contributed by atoms with E-state index in [2.05, 4.69) is 77.3 Å². The van der Waals surface area contributed by atoms with Crippen LogP contribution in [0.25, 0.3) is 44.0 Å². The molecule has 5 rings (SSSR count).